The average Bonchev–Trinajstić information content (AvgIpc) is 3.20. The zero-order valence-electron chi connectivity index (χ0n) is 16.8. The third-order valence-electron chi connectivity index (χ3n) is 4.47. The van der Waals surface area contributed by atoms with E-state index in [4.69, 9.17) is 44.6 Å². The number of nitrogens with one attached hydrogen (secondary N) is 2. The molecule has 4 rings (SSSR count). The Bertz CT molecular complexity index is 1290. The summed E-state index contributed by atoms with van der Waals surface area (Å²) in [5.74, 6) is 0.499. The van der Waals surface area contributed by atoms with E-state index in [1.165, 1.54) is 6.07 Å². The number of oxazole rings is 1. The number of carbonyl (C=O) groups is 1. The van der Waals surface area contributed by atoms with Gasteiger partial charge in [-0.25, -0.2) is 4.98 Å². The van der Waals surface area contributed by atoms with Gasteiger partial charge < -0.3 is 14.5 Å². The molecule has 0 aliphatic rings. The number of amides is 1. The molecule has 1 amide bonds. The number of aromatic nitrogens is 1. The standard InChI is InChI=1S/C23H17Cl2N3O3S/c1-2-30-19-10-7-13(11-17(19)25)21(29)28-23(32)26-14-8-9-16(24)15(12-14)22-27-18-5-3-4-6-20(18)31-22/h3-12H,2H2,1H3,(H2,26,28,29,32). The van der Waals surface area contributed by atoms with Crippen molar-refractivity contribution in [2.75, 3.05) is 11.9 Å². The van der Waals surface area contributed by atoms with Crippen LogP contribution in [0.3, 0.4) is 0 Å². The Hall–Kier alpha value is -3.13. The van der Waals surface area contributed by atoms with Crippen molar-refractivity contribution in [3.05, 3.63) is 76.3 Å². The Kier molecular flexibility index (Phi) is 6.60. The van der Waals surface area contributed by atoms with Crippen LogP contribution in [0.4, 0.5) is 5.69 Å². The summed E-state index contributed by atoms with van der Waals surface area (Å²) < 4.78 is 11.2. The molecule has 0 atom stereocenters. The first kappa shape index (κ1) is 22.1. The number of fused-ring (bicyclic) bond motifs is 1. The van der Waals surface area contributed by atoms with E-state index in [-0.39, 0.29) is 5.11 Å². The molecule has 0 spiro atoms. The van der Waals surface area contributed by atoms with Crippen LogP contribution in [0.5, 0.6) is 5.75 Å². The van der Waals surface area contributed by atoms with Crippen LogP contribution in [0.2, 0.25) is 10.0 Å². The second kappa shape index (κ2) is 9.56. The van der Waals surface area contributed by atoms with Crippen molar-refractivity contribution in [2.24, 2.45) is 0 Å². The molecule has 0 saturated carbocycles. The number of halogens is 2. The lowest BCUT2D eigenvalue weighted by Gasteiger charge is -2.12. The minimum Gasteiger partial charge on any atom is -0.492 e. The van der Waals surface area contributed by atoms with Crippen LogP contribution in [0.25, 0.3) is 22.6 Å². The molecule has 0 aliphatic heterocycles. The molecule has 1 heterocycles. The van der Waals surface area contributed by atoms with Gasteiger partial charge in [-0.05, 0) is 67.7 Å². The number of ether oxygens (including phenoxy) is 1. The van der Waals surface area contributed by atoms with Gasteiger partial charge in [0.2, 0.25) is 5.89 Å². The number of para-hydroxylation sites is 2. The molecule has 4 aromatic rings. The Morgan fingerprint density at radius 1 is 1.09 bits per heavy atom. The lowest BCUT2D eigenvalue weighted by Crippen LogP contribution is -2.34. The topological polar surface area (TPSA) is 76.4 Å². The average molecular weight is 486 g/mol. The highest BCUT2D eigenvalue weighted by molar-refractivity contribution is 7.80. The number of thiocarbonyl (C=S) groups is 1. The quantitative estimate of drug-likeness (QED) is 0.321. The maximum absolute atomic E-state index is 12.5. The SMILES string of the molecule is CCOc1ccc(C(=O)NC(=S)Nc2ccc(Cl)c(-c3nc4ccccc4o3)c2)cc1Cl. The molecule has 1 aromatic heterocycles. The fourth-order valence-corrected chi connectivity index (χ4v) is 3.65. The molecule has 3 aromatic carbocycles. The van der Waals surface area contributed by atoms with Crippen molar-refractivity contribution < 1.29 is 13.9 Å². The van der Waals surface area contributed by atoms with E-state index in [0.717, 1.165) is 5.52 Å². The van der Waals surface area contributed by atoms with Gasteiger partial charge in [0.25, 0.3) is 5.91 Å². The molecule has 0 fully saturated rings. The minimum atomic E-state index is -0.402. The number of hydrogen-bond donors (Lipinski definition) is 2. The molecule has 0 unspecified atom stereocenters. The van der Waals surface area contributed by atoms with Crippen LogP contribution in [-0.4, -0.2) is 22.6 Å². The highest BCUT2D eigenvalue weighted by Crippen LogP contribution is 2.32. The van der Waals surface area contributed by atoms with Gasteiger partial charge in [-0.1, -0.05) is 35.3 Å². The highest BCUT2D eigenvalue weighted by atomic mass is 35.5. The van der Waals surface area contributed by atoms with Crippen LogP contribution < -0.4 is 15.4 Å². The summed E-state index contributed by atoms with van der Waals surface area (Å²) in [5, 5.41) is 6.54. The first-order chi connectivity index (χ1) is 15.4. The number of benzene rings is 3. The third-order valence-corrected chi connectivity index (χ3v) is 5.30. The van der Waals surface area contributed by atoms with Crippen LogP contribution in [0, 0.1) is 0 Å². The Labute approximate surface area is 199 Å². The molecule has 162 valence electrons. The molecular formula is C23H17Cl2N3O3S. The van der Waals surface area contributed by atoms with E-state index in [1.807, 2.05) is 31.2 Å². The molecule has 2 N–H and O–H groups in total. The lowest BCUT2D eigenvalue weighted by molar-refractivity contribution is 0.0977. The van der Waals surface area contributed by atoms with E-state index in [9.17, 15) is 4.79 Å². The van der Waals surface area contributed by atoms with Gasteiger partial charge in [-0.15, -0.1) is 0 Å². The highest BCUT2D eigenvalue weighted by Gasteiger charge is 2.14. The van der Waals surface area contributed by atoms with E-state index in [0.29, 0.717) is 50.7 Å². The van der Waals surface area contributed by atoms with Crippen LogP contribution in [0.15, 0.2) is 65.1 Å². The summed E-state index contributed by atoms with van der Waals surface area (Å²) in [6.07, 6.45) is 0. The van der Waals surface area contributed by atoms with Crippen molar-refractivity contribution in [1.82, 2.24) is 10.3 Å². The van der Waals surface area contributed by atoms with Gasteiger partial charge in [-0.2, -0.15) is 0 Å². The van der Waals surface area contributed by atoms with Crippen molar-refractivity contribution in [1.29, 1.82) is 0 Å². The normalized spacial score (nSPS) is 10.7. The van der Waals surface area contributed by atoms with E-state index in [1.54, 1.807) is 30.3 Å². The van der Waals surface area contributed by atoms with Gasteiger partial charge >= 0.3 is 0 Å². The summed E-state index contributed by atoms with van der Waals surface area (Å²) in [7, 11) is 0. The molecule has 9 heteroatoms. The zero-order valence-corrected chi connectivity index (χ0v) is 19.1. The summed E-state index contributed by atoms with van der Waals surface area (Å²) in [5.41, 5.74) is 2.95. The predicted molar refractivity (Wildman–Crippen MR) is 131 cm³/mol. The van der Waals surface area contributed by atoms with Crippen molar-refractivity contribution in [3.8, 4) is 17.2 Å². The van der Waals surface area contributed by atoms with Gasteiger partial charge in [0.15, 0.2) is 10.7 Å². The fraction of sp³-hybridized carbons (Fsp3) is 0.0870. The van der Waals surface area contributed by atoms with Gasteiger partial charge in [0.05, 0.1) is 22.2 Å². The lowest BCUT2D eigenvalue weighted by atomic mass is 10.2. The molecule has 0 saturated heterocycles. The van der Waals surface area contributed by atoms with Crippen molar-refractivity contribution in [3.63, 3.8) is 0 Å². The molecule has 0 radical (unpaired) electrons. The predicted octanol–water partition coefficient (Wildman–Crippen LogP) is 6.33. The third kappa shape index (κ3) is 4.85. The molecule has 0 aliphatic carbocycles. The molecule has 32 heavy (non-hydrogen) atoms. The Balaban J connectivity index is 1.48. The second-order valence-corrected chi connectivity index (χ2v) is 7.89. The van der Waals surface area contributed by atoms with Crippen molar-refractivity contribution >= 4 is 63.2 Å². The monoisotopic (exact) mass is 485 g/mol. The minimum absolute atomic E-state index is 0.117. The van der Waals surface area contributed by atoms with Crippen molar-refractivity contribution in [2.45, 2.75) is 6.92 Å². The second-order valence-electron chi connectivity index (χ2n) is 6.67. The molecule has 6 nitrogen and oxygen atoms in total. The van der Waals surface area contributed by atoms with E-state index in [2.05, 4.69) is 15.6 Å². The number of nitrogens with zero attached hydrogens (tertiary/aromatic N) is 1. The summed E-state index contributed by atoms with van der Waals surface area (Å²) in [6.45, 7) is 2.33. The molecular weight excluding hydrogens is 469 g/mol. The first-order valence-corrected chi connectivity index (χ1v) is 10.8. The fourth-order valence-electron chi connectivity index (χ4n) is 3.01. The van der Waals surface area contributed by atoms with Gasteiger partial charge in [0, 0.05) is 11.3 Å². The zero-order chi connectivity index (χ0) is 22.7. The van der Waals surface area contributed by atoms with Crippen LogP contribution in [0.1, 0.15) is 17.3 Å². The smallest absolute Gasteiger partial charge is 0.257 e. The summed E-state index contributed by atoms with van der Waals surface area (Å²) in [4.78, 5) is 17.0. The summed E-state index contributed by atoms with van der Waals surface area (Å²) in [6, 6.07) is 17.4. The van der Waals surface area contributed by atoms with Crippen LogP contribution >= 0.6 is 35.4 Å². The maximum Gasteiger partial charge on any atom is 0.257 e. The largest absolute Gasteiger partial charge is 0.492 e. The number of carbonyl (C=O) groups excluding carboxylic acids is 1. The van der Waals surface area contributed by atoms with E-state index >= 15 is 0 Å². The number of rotatable bonds is 5. The van der Waals surface area contributed by atoms with Gasteiger partial charge in [-0.3, -0.25) is 10.1 Å². The van der Waals surface area contributed by atoms with E-state index < -0.39 is 5.91 Å². The number of hydrogen-bond acceptors (Lipinski definition) is 5. The Morgan fingerprint density at radius 3 is 2.66 bits per heavy atom. The maximum atomic E-state index is 12.5. The van der Waals surface area contributed by atoms with Crippen LogP contribution in [-0.2, 0) is 0 Å². The number of anilines is 1. The van der Waals surface area contributed by atoms with Gasteiger partial charge in [0.1, 0.15) is 11.3 Å². The summed E-state index contributed by atoms with van der Waals surface area (Å²) >= 11 is 17.8. The first-order valence-electron chi connectivity index (χ1n) is 9.64. The molecule has 0 bridgehead atoms. The Morgan fingerprint density at radius 2 is 1.91 bits per heavy atom.